The van der Waals surface area contributed by atoms with E-state index in [-0.39, 0.29) is 22.2 Å². The second-order valence-electron chi connectivity index (χ2n) is 7.68. The molecule has 1 heterocycles. The molecule has 1 unspecified atom stereocenters. The Kier molecular flexibility index (Phi) is 6.26. The molecule has 0 bridgehead atoms. The van der Waals surface area contributed by atoms with Crippen molar-refractivity contribution in [3.8, 4) is 6.07 Å². The fourth-order valence-electron chi connectivity index (χ4n) is 3.37. The summed E-state index contributed by atoms with van der Waals surface area (Å²) >= 11 is 4.84. The van der Waals surface area contributed by atoms with Gasteiger partial charge in [0.25, 0.3) is 0 Å². The number of nitrogens with zero attached hydrogens (tertiary/aromatic N) is 4. The SMILES string of the molecule is CC(C#N)(Cn1nc2cc(C(F)(F)F)cc(C(F)(F)F)c2n1)c1cc(C(F)(F)F)ccc1C(N)=S. The Bertz CT molecular complexity index is 1350. The molecule has 5 nitrogen and oxygen atoms in total. The van der Waals surface area contributed by atoms with Gasteiger partial charge in [0.15, 0.2) is 0 Å². The van der Waals surface area contributed by atoms with Crippen LogP contribution in [0.5, 0.6) is 0 Å². The first-order valence-corrected chi connectivity index (χ1v) is 9.74. The largest absolute Gasteiger partial charge is 0.418 e. The summed E-state index contributed by atoms with van der Waals surface area (Å²) in [7, 11) is 0. The highest BCUT2D eigenvalue weighted by Crippen LogP contribution is 2.40. The summed E-state index contributed by atoms with van der Waals surface area (Å²) in [6.07, 6.45) is -15.2. The van der Waals surface area contributed by atoms with Crippen LogP contribution >= 0.6 is 12.2 Å². The van der Waals surface area contributed by atoms with Gasteiger partial charge >= 0.3 is 18.5 Å². The predicted octanol–water partition coefficient (Wildman–Crippen LogP) is 5.60. The summed E-state index contributed by atoms with van der Waals surface area (Å²) < 4.78 is 119. The van der Waals surface area contributed by atoms with Gasteiger partial charge in [-0.1, -0.05) is 18.3 Å². The zero-order chi connectivity index (χ0) is 26.6. The molecular weight excluding hydrogens is 513 g/mol. The number of hydrogen-bond acceptors (Lipinski definition) is 4. The summed E-state index contributed by atoms with van der Waals surface area (Å²) in [5.41, 5.74) is -2.96. The van der Waals surface area contributed by atoms with Crippen LogP contribution in [0.3, 0.4) is 0 Å². The molecule has 0 fully saturated rings. The molecule has 2 N–H and O–H groups in total. The van der Waals surface area contributed by atoms with E-state index in [2.05, 4.69) is 10.2 Å². The van der Waals surface area contributed by atoms with Gasteiger partial charge < -0.3 is 5.73 Å². The zero-order valence-electron chi connectivity index (χ0n) is 17.3. The van der Waals surface area contributed by atoms with Crippen LogP contribution in [0.15, 0.2) is 30.3 Å². The molecule has 0 amide bonds. The van der Waals surface area contributed by atoms with Crippen molar-refractivity contribution in [2.75, 3.05) is 0 Å². The number of aromatic nitrogens is 3. The monoisotopic (exact) mass is 525 g/mol. The van der Waals surface area contributed by atoms with Gasteiger partial charge in [-0.05, 0) is 36.8 Å². The number of benzene rings is 2. The molecule has 15 heteroatoms. The molecule has 0 aliphatic carbocycles. The van der Waals surface area contributed by atoms with Crippen LogP contribution in [0, 0.1) is 11.3 Å². The molecule has 1 aromatic heterocycles. The van der Waals surface area contributed by atoms with Gasteiger partial charge in [-0.2, -0.15) is 59.8 Å². The minimum atomic E-state index is -5.22. The second kappa shape index (κ2) is 8.36. The lowest BCUT2D eigenvalue weighted by Gasteiger charge is -2.25. The van der Waals surface area contributed by atoms with Crippen molar-refractivity contribution in [2.45, 2.75) is 37.4 Å². The van der Waals surface area contributed by atoms with Crippen LogP contribution in [0.1, 0.15) is 34.7 Å². The molecule has 1 atom stereocenters. The Hall–Kier alpha value is -3.41. The van der Waals surface area contributed by atoms with Gasteiger partial charge in [-0.15, -0.1) is 0 Å². The van der Waals surface area contributed by atoms with E-state index in [1.165, 1.54) is 0 Å². The van der Waals surface area contributed by atoms with Gasteiger partial charge in [0.2, 0.25) is 0 Å². The summed E-state index contributed by atoms with van der Waals surface area (Å²) in [6.45, 7) is 0.415. The number of alkyl halides is 9. The molecule has 3 rings (SSSR count). The van der Waals surface area contributed by atoms with E-state index in [0.717, 1.165) is 13.0 Å². The Balaban J connectivity index is 2.20. The molecule has 0 aliphatic rings. The lowest BCUT2D eigenvalue weighted by atomic mass is 9.80. The summed E-state index contributed by atoms with van der Waals surface area (Å²) in [6, 6.07) is 4.23. The number of fused-ring (bicyclic) bond motifs is 1. The summed E-state index contributed by atoms with van der Waals surface area (Å²) in [5.74, 6) is 0. The van der Waals surface area contributed by atoms with E-state index in [4.69, 9.17) is 18.0 Å². The fourth-order valence-corrected chi connectivity index (χ4v) is 3.55. The average molecular weight is 525 g/mol. The van der Waals surface area contributed by atoms with E-state index >= 15 is 0 Å². The lowest BCUT2D eigenvalue weighted by Crippen LogP contribution is -2.31. The first-order chi connectivity index (χ1) is 15.9. The van der Waals surface area contributed by atoms with E-state index in [0.29, 0.717) is 23.0 Å². The van der Waals surface area contributed by atoms with Gasteiger partial charge in [0.05, 0.1) is 29.3 Å². The highest BCUT2D eigenvalue weighted by Gasteiger charge is 2.40. The average Bonchev–Trinajstić information content (AvgIpc) is 3.12. The number of halogens is 9. The first-order valence-electron chi connectivity index (χ1n) is 9.33. The smallest absolute Gasteiger partial charge is 0.389 e. The molecule has 0 radical (unpaired) electrons. The molecular formula is C20H12F9N5S. The van der Waals surface area contributed by atoms with Gasteiger partial charge in [-0.25, -0.2) is 0 Å². The van der Waals surface area contributed by atoms with Crippen molar-refractivity contribution in [3.05, 3.63) is 58.1 Å². The van der Waals surface area contributed by atoms with Gasteiger partial charge in [0.1, 0.15) is 21.4 Å². The first kappa shape index (κ1) is 26.2. The van der Waals surface area contributed by atoms with Crippen LogP contribution in [0.25, 0.3) is 11.0 Å². The van der Waals surface area contributed by atoms with Crippen molar-refractivity contribution in [3.63, 3.8) is 0 Å². The third-order valence-electron chi connectivity index (χ3n) is 5.07. The second-order valence-corrected chi connectivity index (χ2v) is 8.12. The van der Waals surface area contributed by atoms with Crippen molar-refractivity contribution in [1.82, 2.24) is 15.0 Å². The van der Waals surface area contributed by atoms with Crippen molar-refractivity contribution in [2.24, 2.45) is 5.73 Å². The van der Waals surface area contributed by atoms with Crippen LogP contribution in [-0.2, 0) is 30.5 Å². The summed E-state index contributed by atoms with van der Waals surface area (Å²) in [5, 5.41) is 17.0. The highest BCUT2D eigenvalue weighted by molar-refractivity contribution is 7.80. The maximum Gasteiger partial charge on any atom is 0.418 e. The van der Waals surface area contributed by atoms with Crippen LogP contribution < -0.4 is 5.73 Å². The Morgan fingerprint density at radius 1 is 0.914 bits per heavy atom. The highest BCUT2D eigenvalue weighted by atomic mass is 32.1. The van der Waals surface area contributed by atoms with Crippen molar-refractivity contribution < 1.29 is 39.5 Å². The number of nitriles is 1. The van der Waals surface area contributed by atoms with Crippen LogP contribution in [0.2, 0.25) is 0 Å². The molecule has 0 aliphatic heterocycles. The maximum absolute atomic E-state index is 13.4. The predicted molar refractivity (Wildman–Crippen MR) is 108 cm³/mol. The van der Waals surface area contributed by atoms with E-state index in [1.54, 1.807) is 6.07 Å². The van der Waals surface area contributed by atoms with Crippen molar-refractivity contribution in [1.29, 1.82) is 5.26 Å². The minimum absolute atomic E-state index is 0.107. The number of thiocarbonyl (C=S) groups is 1. The van der Waals surface area contributed by atoms with E-state index in [1.807, 2.05) is 0 Å². The Labute approximate surface area is 195 Å². The van der Waals surface area contributed by atoms with E-state index < -0.39 is 58.2 Å². The van der Waals surface area contributed by atoms with Crippen LogP contribution in [-0.4, -0.2) is 20.0 Å². The normalized spacial score (nSPS) is 14.5. The molecule has 186 valence electrons. The van der Waals surface area contributed by atoms with Gasteiger partial charge in [0, 0.05) is 5.56 Å². The molecule has 0 spiro atoms. The topological polar surface area (TPSA) is 80.5 Å². The molecule has 35 heavy (non-hydrogen) atoms. The molecule has 3 aromatic rings. The van der Waals surface area contributed by atoms with Gasteiger partial charge in [-0.3, -0.25) is 0 Å². The quantitative estimate of drug-likeness (QED) is 0.354. The molecule has 2 aromatic carbocycles. The van der Waals surface area contributed by atoms with Crippen molar-refractivity contribution >= 4 is 28.2 Å². The van der Waals surface area contributed by atoms with E-state index in [9.17, 15) is 44.8 Å². The molecule has 0 saturated carbocycles. The minimum Gasteiger partial charge on any atom is -0.389 e. The fraction of sp³-hybridized carbons (Fsp3) is 0.300. The molecule has 0 saturated heterocycles. The zero-order valence-corrected chi connectivity index (χ0v) is 18.1. The lowest BCUT2D eigenvalue weighted by molar-refractivity contribution is -0.142. The Morgan fingerprint density at radius 3 is 1.97 bits per heavy atom. The number of rotatable bonds is 4. The maximum atomic E-state index is 13.4. The number of hydrogen-bond donors (Lipinski definition) is 1. The van der Waals surface area contributed by atoms with Crippen LogP contribution in [0.4, 0.5) is 39.5 Å². The summed E-state index contributed by atoms with van der Waals surface area (Å²) in [4.78, 5) is 0.162. The number of nitrogens with two attached hydrogens (primary N) is 1. The standard InChI is InChI=1S/C20H12F9N5S/c1-17(7-30,12-4-9(18(21,22)23)2-3-11(12)16(31)35)8-34-32-14-6-10(19(24,25)26)5-13(15(14)33-34)20(27,28)29/h2-6H,8H2,1H3,(H2,31,35). The third-order valence-corrected chi connectivity index (χ3v) is 5.29. The Morgan fingerprint density at radius 2 is 1.49 bits per heavy atom. The third kappa shape index (κ3) is 5.16.